The van der Waals surface area contributed by atoms with Gasteiger partial charge in [0.2, 0.25) is 0 Å². The number of alkyl halides is 1. The molecule has 0 spiro atoms. The molecule has 0 bridgehead atoms. The van der Waals surface area contributed by atoms with Gasteiger partial charge < -0.3 is 5.32 Å². The summed E-state index contributed by atoms with van der Waals surface area (Å²) < 4.78 is 40.3. The Bertz CT molecular complexity index is 426. The Balaban J connectivity index is 0.00000180. The van der Waals surface area contributed by atoms with E-state index in [1.807, 2.05) is 0 Å². The molecule has 0 amide bonds. The van der Waals surface area contributed by atoms with E-state index in [0.717, 1.165) is 12.1 Å². The van der Waals surface area contributed by atoms with Crippen LogP contribution in [-0.4, -0.2) is 37.8 Å². The van der Waals surface area contributed by atoms with Crippen LogP contribution < -0.4 is 5.32 Å². The minimum atomic E-state index is -0.824. The van der Waals surface area contributed by atoms with E-state index < -0.39 is 24.4 Å². The monoisotopic (exact) mass is 314 g/mol. The first-order chi connectivity index (χ1) is 8.65. The Kier molecular flexibility index (Phi) is 6.39. The summed E-state index contributed by atoms with van der Waals surface area (Å²) >= 11 is 5.77. The molecule has 1 aliphatic heterocycles. The van der Waals surface area contributed by atoms with E-state index in [1.54, 1.807) is 4.90 Å². The van der Waals surface area contributed by atoms with Gasteiger partial charge >= 0.3 is 0 Å². The van der Waals surface area contributed by atoms with E-state index in [2.05, 4.69) is 5.32 Å². The summed E-state index contributed by atoms with van der Waals surface area (Å²) in [5.41, 5.74) is -0.0823. The first-order valence-corrected chi connectivity index (χ1v) is 6.17. The predicted octanol–water partition coefficient (Wildman–Crippen LogP) is 2.96. The molecule has 2 rings (SSSR count). The van der Waals surface area contributed by atoms with Gasteiger partial charge in [-0.2, -0.15) is 0 Å². The standard InChI is InChI=1S/C12H14ClF3N2.ClH/c13-12-9(16)2-1-8(15)11(12)10(7-14)18-5-3-17-4-6-18;/h1-2,10,17H,3-7H2;1H/t10-;/m0./s1. The number of benzene rings is 1. The zero-order valence-corrected chi connectivity index (χ0v) is 11.7. The highest BCUT2D eigenvalue weighted by molar-refractivity contribution is 6.31. The molecule has 0 aliphatic carbocycles. The lowest BCUT2D eigenvalue weighted by molar-refractivity contribution is 0.144. The van der Waals surface area contributed by atoms with Gasteiger partial charge in [-0.3, -0.25) is 4.90 Å². The largest absolute Gasteiger partial charge is 0.314 e. The van der Waals surface area contributed by atoms with Crippen molar-refractivity contribution in [1.29, 1.82) is 0 Å². The molecule has 108 valence electrons. The molecule has 19 heavy (non-hydrogen) atoms. The quantitative estimate of drug-likeness (QED) is 0.863. The van der Waals surface area contributed by atoms with Crippen molar-refractivity contribution in [2.24, 2.45) is 0 Å². The highest BCUT2D eigenvalue weighted by Crippen LogP contribution is 2.32. The minimum Gasteiger partial charge on any atom is -0.314 e. The third-order valence-corrected chi connectivity index (χ3v) is 3.54. The van der Waals surface area contributed by atoms with Crippen molar-refractivity contribution in [2.75, 3.05) is 32.9 Å². The summed E-state index contributed by atoms with van der Waals surface area (Å²) in [5, 5.41) is 2.80. The van der Waals surface area contributed by atoms with Crippen LogP contribution in [0.15, 0.2) is 12.1 Å². The number of rotatable bonds is 3. The fourth-order valence-corrected chi connectivity index (χ4v) is 2.48. The normalized spacial score (nSPS) is 17.9. The molecule has 7 heteroatoms. The van der Waals surface area contributed by atoms with Crippen LogP contribution in [0.1, 0.15) is 11.6 Å². The number of halogens is 5. The second-order valence-corrected chi connectivity index (χ2v) is 4.59. The van der Waals surface area contributed by atoms with Gasteiger partial charge in [0.15, 0.2) is 0 Å². The van der Waals surface area contributed by atoms with Crippen molar-refractivity contribution in [3.8, 4) is 0 Å². The maximum Gasteiger partial charge on any atom is 0.142 e. The molecular weight excluding hydrogens is 300 g/mol. The second kappa shape index (κ2) is 7.33. The minimum absolute atomic E-state index is 0. The van der Waals surface area contributed by atoms with Gasteiger partial charge in [0, 0.05) is 31.7 Å². The van der Waals surface area contributed by atoms with Crippen LogP contribution in [0.2, 0.25) is 5.02 Å². The van der Waals surface area contributed by atoms with Gasteiger partial charge in [-0.25, -0.2) is 13.2 Å². The van der Waals surface area contributed by atoms with Crippen LogP contribution in [-0.2, 0) is 0 Å². The van der Waals surface area contributed by atoms with Crippen molar-refractivity contribution < 1.29 is 13.2 Å². The fourth-order valence-electron chi connectivity index (χ4n) is 2.20. The number of piperazine rings is 1. The molecule has 1 aliphatic rings. The van der Waals surface area contributed by atoms with E-state index in [9.17, 15) is 13.2 Å². The Labute approximate surface area is 121 Å². The van der Waals surface area contributed by atoms with Crippen LogP contribution in [0.25, 0.3) is 0 Å². The summed E-state index contributed by atoms with van der Waals surface area (Å²) in [5.74, 6) is -1.38. The van der Waals surface area contributed by atoms with E-state index >= 15 is 0 Å². The van der Waals surface area contributed by atoms with Crippen molar-refractivity contribution >= 4 is 24.0 Å². The summed E-state index contributed by atoms with van der Waals surface area (Å²) in [6.45, 7) is 1.78. The maximum atomic E-state index is 13.8. The van der Waals surface area contributed by atoms with Gasteiger partial charge in [0.1, 0.15) is 18.3 Å². The molecular formula is C12H15Cl2F3N2. The molecule has 0 unspecified atom stereocenters. The van der Waals surface area contributed by atoms with Crippen LogP contribution in [0.4, 0.5) is 13.2 Å². The Morgan fingerprint density at radius 3 is 2.37 bits per heavy atom. The topological polar surface area (TPSA) is 15.3 Å². The third-order valence-electron chi connectivity index (χ3n) is 3.15. The summed E-state index contributed by atoms with van der Waals surface area (Å²) in [6.07, 6.45) is 0. The maximum absolute atomic E-state index is 13.8. The molecule has 0 aromatic heterocycles. The van der Waals surface area contributed by atoms with Crippen LogP contribution >= 0.6 is 24.0 Å². The summed E-state index contributed by atoms with van der Waals surface area (Å²) in [4.78, 5) is 1.78. The summed E-state index contributed by atoms with van der Waals surface area (Å²) in [6, 6.07) is 1.12. The van der Waals surface area contributed by atoms with Gasteiger partial charge in [0.25, 0.3) is 0 Å². The van der Waals surface area contributed by atoms with E-state index in [-0.39, 0.29) is 23.0 Å². The average molecular weight is 315 g/mol. The Morgan fingerprint density at radius 2 is 1.79 bits per heavy atom. The Morgan fingerprint density at radius 1 is 1.21 bits per heavy atom. The van der Waals surface area contributed by atoms with Crippen LogP contribution in [0.5, 0.6) is 0 Å². The average Bonchev–Trinajstić information content (AvgIpc) is 2.40. The van der Waals surface area contributed by atoms with E-state index in [4.69, 9.17) is 11.6 Å². The number of nitrogens with zero attached hydrogens (tertiary/aromatic N) is 1. The fraction of sp³-hybridized carbons (Fsp3) is 0.500. The van der Waals surface area contributed by atoms with Gasteiger partial charge in [-0.15, -0.1) is 12.4 Å². The summed E-state index contributed by atoms with van der Waals surface area (Å²) in [7, 11) is 0. The molecule has 1 aromatic carbocycles. The first kappa shape index (κ1) is 16.6. The smallest absolute Gasteiger partial charge is 0.142 e. The van der Waals surface area contributed by atoms with Crippen LogP contribution in [0, 0.1) is 11.6 Å². The van der Waals surface area contributed by atoms with E-state index in [0.29, 0.717) is 26.2 Å². The Hall–Kier alpha value is -0.490. The molecule has 1 fully saturated rings. The molecule has 1 heterocycles. The molecule has 0 radical (unpaired) electrons. The highest BCUT2D eigenvalue weighted by Gasteiger charge is 2.28. The molecule has 0 saturated carbocycles. The zero-order chi connectivity index (χ0) is 13.1. The number of hydrogen-bond donors (Lipinski definition) is 1. The van der Waals surface area contributed by atoms with E-state index in [1.165, 1.54) is 0 Å². The van der Waals surface area contributed by atoms with Crippen molar-refractivity contribution in [3.05, 3.63) is 34.4 Å². The number of hydrogen-bond acceptors (Lipinski definition) is 2. The lowest BCUT2D eigenvalue weighted by Gasteiger charge is -2.34. The van der Waals surface area contributed by atoms with Gasteiger partial charge in [0.05, 0.1) is 11.1 Å². The van der Waals surface area contributed by atoms with Crippen molar-refractivity contribution in [2.45, 2.75) is 6.04 Å². The second-order valence-electron chi connectivity index (χ2n) is 4.21. The molecule has 1 saturated heterocycles. The predicted molar refractivity (Wildman–Crippen MR) is 71.8 cm³/mol. The van der Waals surface area contributed by atoms with Crippen molar-refractivity contribution in [3.63, 3.8) is 0 Å². The highest BCUT2D eigenvalue weighted by atomic mass is 35.5. The zero-order valence-electron chi connectivity index (χ0n) is 10.1. The molecule has 1 aromatic rings. The lowest BCUT2D eigenvalue weighted by Crippen LogP contribution is -2.46. The van der Waals surface area contributed by atoms with Crippen molar-refractivity contribution in [1.82, 2.24) is 10.2 Å². The first-order valence-electron chi connectivity index (χ1n) is 5.79. The molecule has 1 atom stereocenters. The SMILES string of the molecule is Cl.FC[C@@H](c1c(F)ccc(F)c1Cl)N1CCNCC1. The van der Waals surface area contributed by atoms with Gasteiger partial charge in [-0.05, 0) is 12.1 Å². The van der Waals surface area contributed by atoms with Crippen LogP contribution in [0.3, 0.4) is 0 Å². The molecule has 1 N–H and O–H groups in total. The lowest BCUT2D eigenvalue weighted by atomic mass is 10.0. The van der Waals surface area contributed by atoms with Gasteiger partial charge in [-0.1, -0.05) is 11.6 Å². The number of nitrogens with one attached hydrogen (secondary N) is 1. The third kappa shape index (κ3) is 3.54. The molecule has 2 nitrogen and oxygen atoms in total.